The standard InChI is InChI=1S/C10H19N/c1-7-9(4)10(5)11(6)8(2)3/h2,7H2,1,3-6H3/b10-9+. The van der Waals surface area contributed by atoms with Gasteiger partial charge in [-0.1, -0.05) is 19.1 Å². The summed E-state index contributed by atoms with van der Waals surface area (Å²) in [6.07, 6.45) is 1.11. The molecule has 0 radical (unpaired) electrons. The van der Waals surface area contributed by atoms with Crippen molar-refractivity contribution in [3.63, 3.8) is 0 Å². The van der Waals surface area contributed by atoms with Gasteiger partial charge in [0.15, 0.2) is 0 Å². The molecule has 0 amide bonds. The number of hydrogen-bond donors (Lipinski definition) is 0. The summed E-state index contributed by atoms with van der Waals surface area (Å²) in [6, 6.07) is 0. The molecule has 0 aliphatic rings. The lowest BCUT2D eigenvalue weighted by atomic mass is 10.2. The van der Waals surface area contributed by atoms with Crippen LogP contribution < -0.4 is 0 Å². The van der Waals surface area contributed by atoms with E-state index in [0.29, 0.717) is 0 Å². The Balaban J connectivity index is 4.46. The van der Waals surface area contributed by atoms with E-state index in [4.69, 9.17) is 0 Å². The smallest absolute Gasteiger partial charge is 0.0131 e. The minimum absolute atomic E-state index is 1.09. The molecule has 0 N–H and O–H groups in total. The molecule has 0 aliphatic heterocycles. The molecule has 64 valence electrons. The highest BCUT2D eigenvalue weighted by Crippen LogP contribution is 2.13. The van der Waals surface area contributed by atoms with Gasteiger partial charge in [0.1, 0.15) is 0 Å². The predicted octanol–water partition coefficient (Wildman–Crippen LogP) is 3.16. The Labute approximate surface area is 70.4 Å². The molecule has 0 aromatic carbocycles. The number of rotatable bonds is 3. The first-order valence-corrected chi connectivity index (χ1v) is 4.06. The summed E-state index contributed by atoms with van der Waals surface area (Å²) in [7, 11) is 2.05. The van der Waals surface area contributed by atoms with E-state index in [1.165, 1.54) is 11.3 Å². The quantitative estimate of drug-likeness (QED) is 0.602. The number of allylic oxidation sites excluding steroid dienone is 3. The van der Waals surface area contributed by atoms with Crippen molar-refractivity contribution in [2.75, 3.05) is 7.05 Å². The molecule has 0 saturated carbocycles. The highest BCUT2D eigenvalue weighted by molar-refractivity contribution is 5.12. The zero-order valence-electron chi connectivity index (χ0n) is 8.36. The summed E-state index contributed by atoms with van der Waals surface area (Å²) in [4.78, 5) is 2.12. The summed E-state index contributed by atoms with van der Waals surface area (Å²) in [5.74, 6) is 0. The van der Waals surface area contributed by atoms with Gasteiger partial charge in [0.2, 0.25) is 0 Å². The van der Waals surface area contributed by atoms with Crippen molar-refractivity contribution >= 4 is 0 Å². The first kappa shape index (κ1) is 10.3. The summed E-state index contributed by atoms with van der Waals surface area (Å²) in [5, 5.41) is 0. The van der Waals surface area contributed by atoms with Crippen LogP contribution in [0.1, 0.15) is 34.1 Å². The lowest BCUT2D eigenvalue weighted by Gasteiger charge is -2.21. The van der Waals surface area contributed by atoms with Crippen LogP contribution in [-0.4, -0.2) is 11.9 Å². The molecular formula is C10H19N. The average Bonchev–Trinajstić information content (AvgIpc) is 2.00. The molecule has 0 spiro atoms. The maximum atomic E-state index is 3.88. The van der Waals surface area contributed by atoms with Crippen molar-refractivity contribution in [2.45, 2.75) is 34.1 Å². The van der Waals surface area contributed by atoms with E-state index < -0.39 is 0 Å². The second kappa shape index (κ2) is 4.22. The second-order valence-electron chi connectivity index (χ2n) is 3.01. The average molecular weight is 153 g/mol. The van der Waals surface area contributed by atoms with Gasteiger partial charge in [0.25, 0.3) is 0 Å². The van der Waals surface area contributed by atoms with Crippen LogP contribution in [0.3, 0.4) is 0 Å². The lowest BCUT2D eigenvalue weighted by molar-refractivity contribution is 0.514. The Kier molecular flexibility index (Phi) is 3.94. The predicted molar refractivity (Wildman–Crippen MR) is 51.2 cm³/mol. The SMILES string of the molecule is C=C(C)N(C)/C(C)=C(\C)CC. The van der Waals surface area contributed by atoms with Gasteiger partial charge >= 0.3 is 0 Å². The van der Waals surface area contributed by atoms with Crippen molar-refractivity contribution in [1.82, 2.24) is 4.90 Å². The summed E-state index contributed by atoms with van der Waals surface area (Å²) in [5.41, 5.74) is 3.84. The largest absolute Gasteiger partial charge is 0.353 e. The molecule has 0 atom stereocenters. The highest BCUT2D eigenvalue weighted by atomic mass is 15.1. The van der Waals surface area contributed by atoms with Crippen molar-refractivity contribution in [3.05, 3.63) is 23.5 Å². The summed E-state index contributed by atoms with van der Waals surface area (Å²) < 4.78 is 0. The van der Waals surface area contributed by atoms with Gasteiger partial charge in [-0.3, -0.25) is 0 Å². The van der Waals surface area contributed by atoms with Crippen LogP contribution in [0.5, 0.6) is 0 Å². The maximum absolute atomic E-state index is 3.88. The number of hydrogen-bond acceptors (Lipinski definition) is 1. The van der Waals surface area contributed by atoms with Gasteiger partial charge < -0.3 is 4.90 Å². The third-order valence-corrected chi connectivity index (χ3v) is 2.22. The second-order valence-corrected chi connectivity index (χ2v) is 3.01. The minimum Gasteiger partial charge on any atom is -0.353 e. The maximum Gasteiger partial charge on any atom is 0.0131 e. The van der Waals surface area contributed by atoms with Crippen molar-refractivity contribution < 1.29 is 0 Å². The topological polar surface area (TPSA) is 3.24 Å². The Morgan fingerprint density at radius 2 is 1.73 bits per heavy atom. The van der Waals surface area contributed by atoms with Gasteiger partial charge in [0.05, 0.1) is 0 Å². The van der Waals surface area contributed by atoms with Gasteiger partial charge in [0, 0.05) is 18.4 Å². The fraction of sp³-hybridized carbons (Fsp3) is 0.600. The molecule has 0 unspecified atom stereocenters. The van der Waals surface area contributed by atoms with E-state index in [1.54, 1.807) is 0 Å². The minimum atomic E-state index is 1.09. The summed E-state index contributed by atoms with van der Waals surface area (Å²) >= 11 is 0. The van der Waals surface area contributed by atoms with Gasteiger partial charge in [-0.25, -0.2) is 0 Å². The molecule has 0 aromatic heterocycles. The fourth-order valence-electron chi connectivity index (χ4n) is 0.828. The number of nitrogens with zero attached hydrogens (tertiary/aromatic N) is 1. The molecule has 0 bridgehead atoms. The molecule has 11 heavy (non-hydrogen) atoms. The van der Waals surface area contributed by atoms with Crippen LogP contribution in [0.4, 0.5) is 0 Å². The normalized spacial score (nSPS) is 12.5. The van der Waals surface area contributed by atoms with E-state index in [2.05, 4.69) is 39.3 Å². The first-order chi connectivity index (χ1) is 5.00. The molecule has 1 nitrogen and oxygen atoms in total. The van der Waals surface area contributed by atoms with Crippen molar-refractivity contribution in [1.29, 1.82) is 0 Å². The molecule has 0 heterocycles. The molecule has 0 saturated heterocycles. The van der Waals surface area contributed by atoms with Gasteiger partial charge in [-0.05, 0) is 27.2 Å². The Bertz CT molecular complexity index is 177. The Hall–Kier alpha value is -0.720. The van der Waals surface area contributed by atoms with E-state index in [9.17, 15) is 0 Å². The van der Waals surface area contributed by atoms with E-state index in [1.807, 2.05) is 6.92 Å². The van der Waals surface area contributed by atoms with E-state index >= 15 is 0 Å². The van der Waals surface area contributed by atoms with Crippen LogP contribution in [0.25, 0.3) is 0 Å². The van der Waals surface area contributed by atoms with Crippen LogP contribution in [-0.2, 0) is 0 Å². The van der Waals surface area contributed by atoms with E-state index in [-0.39, 0.29) is 0 Å². The first-order valence-electron chi connectivity index (χ1n) is 4.06. The van der Waals surface area contributed by atoms with Gasteiger partial charge in [-0.2, -0.15) is 0 Å². The highest BCUT2D eigenvalue weighted by Gasteiger charge is 2.01. The van der Waals surface area contributed by atoms with Crippen LogP contribution in [0.15, 0.2) is 23.5 Å². The van der Waals surface area contributed by atoms with Crippen LogP contribution >= 0.6 is 0 Å². The van der Waals surface area contributed by atoms with Gasteiger partial charge in [-0.15, -0.1) is 0 Å². The molecule has 0 fully saturated rings. The third kappa shape index (κ3) is 2.79. The van der Waals surface area contributed by atoms with Crippen molar-refractivity contribution in [2.24, 2.45) is 0 Å². The zero-order chi connectivity index (χ0) is 9.02. The summed E-state index contributed by atoms with van der Waals surface area (Å²) in [6.45, 7) is 12.4. The molecular weight excluding hydrogens is 134 g/mol. The third-order valence-electron chi connectivity index (χ3n) is 2.22. The Morgan fingerprint density at radius 1 is 1.27 bits per heavy atom. The van der Waals surface area contributed by atoms with E-state index in [0.717, 1.165) is 12.1 Å². The molecule has 0 aromatic rings. The van der Waals surface area contributed by atoms with Crippen LogP contribution in [0.2, 0.25) is 0 Å². The molecule has 0 aliphatic carbocycles. The van der Waals surface area contributed by atoms with Crippen molar-refractivity contribution in [3.8, 4) is 0 Å². The Morgan fingerprint density at radius 3 is 2.00 bits per heavy atom. The molecule has 0 rings (SSSR count). The zero-order valence-corrected chi connectivity index (χ0v) is 8.36. The lowest BCUT2D eigenvalue weighted by Crippen LogP contribution is -2.13. The molecule has 1 heteroatoms. The van der Waals surface area contributed by atoms with Crippen LogP contribution in [0, 0.1) is 0 Å². The fourth-order valence-corrected chi connectivity index (χ4v) is 0.828. The monoisotopic (exact) mass is 153 g/mol.